The number of rotatable bonds is 3. The van der Waals surface area contributed by atoms with Crippen molar-refractivity contribution in [3.63, 3.8) is 0 Å². The summed E-state index contributed by atoms with van der Waals surface area (Å²) in [4.78, 5) is 8.23. The van der Waals surface area contributed by atoms with Crippen molar-refractivity contribution in [1.29, 1.82) is 0 Å². The molecule has 106 valence electrons. The maximum absolute atomic E-state index is 4.79. The monoisotopic (exact) mass is 276 g/mol. The van der Waals surface area contributed by atoms with Crippen LogP contribution in [0.4, 0.5) is 0 Å². The van der Waals surface area contributed by atoms with Crippen molar-refractivity contribution >= 4 is 11.3 Å². The number of aryl methyl sites for hydroxylation is 1. The molecule has 0 bridgehead atoms. The Morgan fingerprint density at radius 2 is 1.81 bits per heavy atom. The molecule has 0 fully saturated rings. The Bertz CT molecular complexity index is 743. The Labute approximate surface area is 125 Å². The number of H-pyrrole nitrogens is 1. The van der Waals surface area contributed by atoms with Crippen LogP contribution >= 0.6 is 0 Å². The molecule has 0 amide bonds. The van der Waals surface area contributed by atoms with Gasteiger partial charge < -0.3 is 4.98 Å². The number of aromatic nitrogens is 1. The van der Waals surface area contributed by atoms with Crippen LogP contribution in [0.25, 0.3) is 5.57 Å². The highest BCUT2D eigenvalue weighted by Gasteiger charge is 2.17. The second-order valence-electron chi connectivity index (χ2n) is 5.40. The zero-order valence-corrected chi connectivity index (χ0v) is 12.8. The van der Waals surface area contributed by atoms with Crippen LogP contribution in [0.5, 0.6) is 0 Å². The maximum Gasteiger partial charge on any atom is 0.0735 e. The number of nitrogens with zero attached hydrogens (tertiary/aromatic N) is 1. The van der Waals surface area contributed by atoms with E-state index < -0.39 is 0 Å². The minimum absolute atomic E-state index is 1.02. The van der Waals surface area contributed by atoms with Gasteiger partial charge in [0, 0.05) is 22.7 Å². The van der Waals surface area contributed by atoms with E-state index in [9.17, 15) is 0 Å². The van der Waals surface area contributed by atoms with Gasteiger partial charge in [-0.1, -0.05) is 37.3 Å². The number of hydrogen-bond acceptors (Lipinski definition) is 1. The van der Waals surface area contributed by atoms with E-state index in [1.807, 2.05) is 6.07 Å². The van der Waals surface area contributed by atoms with E-state index in [1.165, 1.54) is 16.7 Å². The fourth-order valence-electron chi connectivity index (χ4n) is 2.74. The first-order chi connectivity index (χ1) is 10.2. The summed E-state index contributed by atoms with van der Waals surface area (Å²) in [5.41, 5.74) is 8.16. The zero-order chi connectivity index (χ0) is 14.8. The summed E-state index contributed by atoms with van der Waals surface area (Å²) in [5.74, 6) is 0. The molecular formula is C19H20N2. The molecule has 1 aliphatic rings. The summed E-state index contributed by atoms with van der Waals surface area (Å²) in [5, 5.41) is 0. The standard InChI is InChI=1S/C19H20N2/c1-4-15-12-18(21-14(15)3)19(16-8-6-5-7-9-16)17-11-10-13(2)20-17/h5-12,20H,4H2,1-3H3. The van der Waals surface area contributed by atoms with Gasteiger partial charge in [0.25, 0.3) is 0 Å². The minimum atomic E-state index is 1.02. The van der Waals surface area contributed by atoms with E-state index in [1.54, 1.807) is 0 Å². The molecule has 0 atom stereocenters. The highest BCUT2D eigenvalue weighted by Crippen LogP contribution is 2.31. The lowest BCUT2D eigenvalue weighted by molar-refractivity contribution is 1.18. The van der Waals surface area contributed by atoms with Gasteiger partial charge in [-0.2, -0.15) is 0 Å². The zero-order valence-electron chi connectivity index (χ0n) is 12.8. The normalized spacial score (nSPS) is 16.7. The number of benzene rings is 1. The van der Waals surface area contributed by atoms with Crippen LogP contribution in [0.2, 0.25) is 0 Å². The van der Waals surface area contributed by atoms with Gasteiger partial charge >= 0.3 is 0 Å². The van der Waals surface area contributed by atoms with E-state index >= 15 is 0 Å². The summed E-state index contributed by atoms with van der Waals surface area (Å²) in [6, 6.07) is 14.7. The quantitative estimate of drug-likeness (QED) is 0.826. The molecule has 0 aliphatic carbocycles. The molecule has 3 rings (SSSR count). The first-order valence-electron chi connectivity index (χ1n) is 7.41. The lowest BCUT2D eigenvalue weighted by Gasteiger charge is -2.08. The van der Waals surface area contributed by atoms with Gasteiger partial charge in [-0.05, 0) is 49.6 Å². The topological polar surface area (TPSA) is 28.1 Å². The van der Waals surface area contributed by atoms with Crippen molar-refractivity contribution in [2.75, 3.05) is 0 Å². The number of allylic oxidation sites excluding steroid dienone is 2. The van der Waals surface area contributed by atoms with E-state index in [4.69, 9.17) is 4.99 Å². The average molecular weight is 276 g/mol. The molecule has 0 unspecified atom stereocenters. The summed E-state index contributed by atoms with van der Waals surface area (Å²) < 4.78 is 0. The molecule has 1 aromatic carbocycles. The van der Waals surface area contributed by atoms with Crippen LogP contribution in [0, 0.1) is 6.92 Å². The Hall–Kier alpha value is -2.35. The summed E-state index contributed by atoms with van der Waals surface area (Å²) in [6.07, 6.45) is 3.23. The molecule has 21 heavy (non-hydrogen) atoms. The number of nitrogens with one attached hydrogen (secondary N) is 1. The van der Waals surface area contributed by atoms with Crippen molar-refractivity contribution in [2.24, 2.45) is 4.99 Å². The van der Waals surface area contributed by atoms with Gasteiger partial charge in [-0.3, -0.25) is 4.99 Å². The third-order valence-corrected chi connectivity index (χ3v) is 3.86. The summed E-state index contributed by atoms with van der Waals surface area (Å²) >= 11 is 0. The molecular weight excluding hydrogens is 256 g/mol. The predicted molar refractivity (Wildman–Crippen MR) is 89.5 cm³/mol. The van der Waals surface area contributed by atoms with E-state index in [0.717, 1.165) is 29.2 Å². The minimum Gasteiger partial charge on any atom is -0.359 e. The van der Waals surface area contributed by atoms with E-state index in [2.05, 4.69) is 68.2 Å². The van der Waals surface area contributed by atoms with Crippen LogP contribution in [0.1, 0.15) is 37.2 Å². The smallest absolute Gasteiger partial charge is 0.0735 e. The average Bonchev–Trinajstić information content (AvgIpc) is 3.07. The first-order valence-corrected chi connectivity index (χ1v) is 7.41. The molecule has 0 saturated heterocycles. The molecule has 0 saturated carbocycles. The van der Waals surface area contributed by atoms with Crippen LogP contribution in [-0.4, -0.2) is 10.7 Å². The highest BCUT2D eigenvalue weighted by molar-refractivity contribution is 6.03. The first kappa shape index (κ1) is 13.6. The molecule has 2 heterocycles. The predicted octanol–water partition coefficient (Wildman–Crippen LogP) is 4.89. The van der Waals surface area contributed by atoms with Gasteiger partial charge in [0.2, 0.25) is 0 Å². The molecule has 1 aliphatic heterocycles. The van der Waals surface area contributed by atoms with Gasteiger partial charge in [0.05, 0.1) is 5.70 Å². The molecule has 2 nitrogen and oxygen atoms in total. The van der Waals surface area contributed by atoms with Gasteiger partial charge in [-0.25, -0.2) is 0 Å². The van der Waals surface area contributed by atoms with E-state index in [-0.39, 0.29) is 0 Å². The van der Waals surface area contributed by atoms with E-state index in [0.29, 0.717) is 0 Å². The number of hydrogen-bond donors (Lipinski definition) is 1. The van der Waals surface area contributed by atoms with Crippen LogP contribution in [-0.2, 0) is 0 Å². The van der Waals surface area contributed by atoms with Gasteiger partial charge in [0.1, 0.15) is 0 Å². The van der Waals surface area contributed by atoms with Crippen molar-refractivity contribution in [2.45, 2.75) is 27.2 Å². The molecule has 2 aromatic rings. The van der Waals surface area contributed by atoms with Gasteiger partial charge in [0.15, 0.2) is 0 Å². The maximum atomic E-state index is 4.79. The number of aromatic amines is 1. The van der Waals surface area contributed by atoms with Crippen LogP contribution < -0.4 is 0 Å². The van der Waals surface area contributed by atoms with Crippen LogP contribution in [0.15, 0.2) is 64.8 Å². The highest BCUT2D eigenvalue weighted by atomic mass is 14.8. The Morgan fingerprint density at radius 1 is 1.05 bits per heavy atom. The molecule has 1 N–H and O–H groups in total. The number of aliphatic imine (C=N–C) groups is 1. The summed E-state index contributed by atoms with van der Waals surface area (Å²) in [6.45, 7) is 6.34. The fourth-order valence-corrected chi connectivity index (χ4v) is 2.74. The molecule has 2 heteroatoms. The Kier molecular flexibility index (Phi) is 3.61. The lowest BCUT2D eigenvalue weighted by atomic mass is 10.00. The second-order valence-corrected chi connectivity index (χ2v) is 5.40. The Morgan fingerprint density at radius 3 is 2.38 bits per heavy atom. The SMILES string of the molecule is CCC1=CC(=C(c2ccccc2)c2ccc(C)[nH]2)N=C1C. The second kappa shape index (κ2) is 5.57. The van der Waals surface area contributed by atoms with Crippen molar-refractivity contribution in [3.05, 3.63) is 76.8 Å². The van der Waals surface area contributed by atoms with Gasteiger partial charge in [-0.15, -0.1) is 0 Å². The van der Waals surface area contributed by atoms with Crippen molar-refractivity contribution in [3.8, 4) is 0 Å². The van der Waals surface area contributed by atoms with Crippen molar-refractivity contribution in [1.82, 2.24) is 4.98 Å². The molecule has 0 spiro atoms. The van der Waals surface area contributed by atoms with Crippen molar-refractivity contribution < 1.29 is 0 Å². The lowest BCUT2D eigenvalue weighted by Crippen LogP contribution is -1.92. The summed E-state index contributed by atoms with van der Waals surface area (Å²) in [7, 11) is 0. The third kappa shape index (κ3) is 2.62. The largest absolute Gasteiger partial charge is 0.359 e. The Balaban J connectivity index is 2.22. The molecule has 0 radical (unpaired) electrons. The third-order valence-electron chi connectivity index (χ3n) is 3.86. The van der Waals surface area contributed by atoms with Crippen LogP contribution in [0.3, 0.4) is 0 Å². The fraction of sp³-hybridized carbons (Fsp3) is 0.211. The molecule has 1 aromatic heterocycles.